The van der Waals surface area contributed by atoms with Crippen LogP contribution in [0.2, 0.25) is 10.0 Å². The van der Waals surface area contributed by atoms with Gasteiger partial charge in [0.2, 0.25) is 5.91 Å². The van der Waals surface area contributed by atoms with Crippen molar-refractivity contribution in [2.24, 2.45) is 0 Å². The predicted octanol–water partition coefficient (Wildman–Crippen LogP) is 7.66. The third-order valence-electron chi connectivity index (χ3n) is 5.70. The van der Waals surface area contributed by atoms with Crippen LogP contribution in [0.25, 0.3) is 6.08 Å². The maximum Gasteiger partial charge on any atom is 0.272 e. The van der Waals surface area contributed by atoms with Crippen LogP contribution in [-0.2, 0) is 9.59 Å². The lowest BCUT2D eigenvalue weighted by Crippen LogP contribution is -2.30. The zero-order valence-electron chi connectivity index (χ0n) is 21.7. The Morgan fingerprint density at radius 2 is 1.46 bits per heavy atom. The van der Waals surface area contributed by atoms with Crippen molar-refractivity contribution >= 4 is 70.1 Å². The third kappa shape index (κ3) is 8.44. The topological polar surface area (TPSA) is 87.3 Å². The first kappa shape index (κ1) is 29.9. The second kappa shape index (κ2) is 14.0. The number of rotatable bonds is 9. The Balaban J connectivity index is 1.51. The van der Waals surface area contributed by atoms with E-state index >= 15 is 0 Å². The van der Waals surface area contributed by atoms with E-state index < -0.39 is 22.9 Å². The van der Waals surface area contributed by atoms with Crippen molar-refractivity contribution in [3.8, 4) is 0 Å². The number of amides is 3. The van der Waals surface area contributed by atoms with Crippen molar-refractivity contribution in [2.45, 2.75) is 17.1 Å². The monoisotopic (exact) mass is 607 g/mol. The van der Waals surface area contributed by atoms with Crippen molar-refractivity contribution in [1.82, 2.24) is 5.32 Å². The van der Waals surface area contributed by atoms with Crippen LogP contribution in [-0.4, -0.2) is 23.0 Å². The van der Waals surface area contributed by atoms with Crippen LogP contribution in [0.4, 0.5) is 15.8 Å². The molecule has 0 aliphatic carbocycles. The predicted molar refractivity (Wildman–Crippen MR) is 164 cm³/mol. The minimum Gasteiger partial charge on any atom is -0.325 e. The van der Waals surface area contributed by atoms with E-state index in [1.807, 2.05) is 0 Å². The first-order valence-electron chi connectivity index (χ1n) is 12.4. The van der Waals surface area contributed by atoms with Gasteiger partial charge in [-0.05, 0) is 79.7 Å². The number of carbonyl (C=O) groups excluding carboxylic acids is 3. The number of halogens is 3. The Morgan fingerprint density at radius 1 is 0.805 bits per heavy atom. The van der Waals surface area contributed by atoms with Gasteiger partial charge in [0.25, 0.3) is 11.8 Å². The smallest absolute Gasteiger partial charge is 0.272 e. The zero-order valence-corrected chi connectivity index (χ0v) is 24.0. The molecule has 4 aromatic rings. The summed E-state index contributed by atoms with van der Waals surface area (Å²) in [7, 11) is 0. The Hall–Kier alpha value is -4.11. The standard InChI is InChI=1S/C31H24Cl2FN3O3S/c1-19(29(38)35-22-15-13-21(34)14-16-22)41-24-10-5-9-23(17-24)36-31(40)28(18-25-26(32)11-6-12-27(25)33)37-30(39)20-7-3-2-4-8-20/h2-19H,1H3,(H,35,38)(H,36,40)(H,37,39)/b28-18+. The van der Waals surface area contributed by atoms with Crippen molar-refractivity contribution in [1.29, 1.82) is 0 Å². The molecule has 3 N–H and O–H groups in total. The molecule has 1 unspecified atom stereocenters. The van der Waals surface area contributed by atoms with Gasteiger partial charge in [-0.15, -0.1) is 11.8 Å². The molecule has 0 radical (unpaired) electrons. The van der Waals surface area contributed by atoms with Gasteiger partial charge in [-0.1, -0.05) is 53.5 Å². The molecule has 0 aliphatic rings. The summed E-state index contributed by atoms with van der Waals surface area (Å²) in [5, 5.41) is 8.32. The van der Waals surface area contributed by atoms with Crippen molar-refractivity contribution < 1.29 is 18.8 Å². The summed E-state index contributed by atoms with van der Waals surface area (Å²) in [6.45, 7) is 1.74. The average molecular weight is 609 g/mol. The molecular formula is C31H24Cl2FN3O3S. The Labute approximate surface area is 250 Å². The minimum absolute atomic E-state index is 0.0704. The fraction of sp³-hybridized carbons (Fsp3) is 0.0645. The summed E-state index contributed by atoms with van der Waals surface area (Å²) in [4.78, 5) is 39.7. The molecule has 0 saturated heterocycles. The molecule has 0 bridgehead atoms. The fourth-order valence-electron chi connectivity index (χ4n) is 3.62. The normalized spacial score (nSPS) is 11.9. The maximum atomic E-state index is 13.4. The summed E-state index contributed by atoms with van der Waals surface area (Å²) < 4.78 is 13.2. The molecule has 0 heterocycles. The lowest BCUT2D eigenvalue weighted by atomic mass is 10.1. The van der Waals surface area contributed by atoms with Crippen LogP contribution in [0.15, 0.2) is 108 Å². The van der Waals surface area contributed by atoms with Crippen molar-refractivity contribution in [3.63, 3.8) is 0 Å². The van der Waals surface area contributed by atoms with Gasteiger partial charge in [-0.3, -0.25) is 14.4 Å². The number of hydrogen-bond acceptors (Lipinski definition) is 4. The molecule has 208 valence electrons. The molecular weight excluding hydrogens is 584 g/mol. The molecule has 10 heteroatoms. The Morgan fingerprint density at radius 3 is 2.15 bits per heavy atom. The van der Waals surface area contributed by atoms with E-state index in [1.165, 1.54) is 42.1 Å². The number of hydrogen-bond donors (Lipinski definition) is 3. The van der Waals surface area contributed by atoms with E-state index in [0.717, 1.165) is 4.90 Å². The molecule has 0 spiro atoms. The number of anilines is 2. The summed E-state index contributed by atoms with van der Waals surface area (Å²) in [5.74, 6) is -1.74. The van der Waals surface area contributed by atoms with E-state index in [2.05, 4.69) is 16.0 Å². The first-order valence-corrected chi connectivity index (χ1v) is 14.0. The number of nitrogens with one attached hydrogen (secondary N) is 3. The molecule has 0 saturated carbocycles. The highest BCUT2D eigenvalue weighted by Gasteiger charge is 2.18. The highest BCUT2D eigenvalue weighted by Crippen LogP contribution is 2.28. The minimum atomic E-state index is -0.602. The lowest BCUT2D eigenvalue weighted by molar-refractivity contribution is -0.115. The second-order valence-corrected chi connectivity index (χ2v) is 11.0. The third-order valence-corrected chi connectivity index (χ3v) is 7.46. The largest absolute Gasteiger partial charge is 0.325 e. The number of benzene rings is 4. The van der Waals surface area contributed by atoms with Crippen LogP contribution in [0.1, 0.15) is 22.8 Å². The van der Waals surface area contributed by atoms with E-state index in [1.54, 1.807) is 79.7 Å². The average Bonchev–Trinajstić information content (AvgIpc) is 2.96. The molecule has 4 aromatic carbocycles. The Bertz CT molecular complexity index is 1580. The van der Waals surface area contributed by atoms with Crippen molar-refractivity contribution in [3.05, 3.63) is 130 Å². The van der Waals surface area contributed by atoms with Gasteiger partial charge in [0.05, 0.1) is 5.25 Å². The molecule has 6 nitrogen and oxygen atoms in total. The quantitative estimate of drug-likeness (QED) is 0.135. The summed E-state index contributed by atoms with van der Waals surface area (Å²) in [5.41, 5.74) is 1.60. The van der Waals surface area contributed by atoms with Gasteiger partial charge in [-0.25, -0.2) is 4.39 Å². The van der Waals surface area contributed by atoms with Crippen molar-refractivity contribution in [2.75, 3.05) is 10.6 Å². The van der Waals surface area contributed by atoms with E-state index in [0.29, 0.717) is 32.5 Å². The van der Waals surface area contributed by atoms with E-state index in [-0.39, 0.29) is 11.6 Å². The molecule has 4 rings (SSSR count). The van der Waals surface area contributed by atoms with Gasteiger partial charge in [0.1, 0.15) is 11.5 Å². The molecule has 0 aliphatic heterocycles. The van der Waals surface area contributed by atoms with Gasteiger partial charge >= 0.3 is 0 Å². The maximum absolute atomic E-state index is 13.4. The van der Waals surface area contributed by atoms with E-state index in [4.69, 9.17) is 23.2 Å². The zero-order chi connectivity index (χ0) is 29.4. The summed E-state index contributed by atoms with van der Waals surface area (Å²) in [6.07, 6.45) is 1.42. The highest BCUT2D eigenvalue weighted by molar-refractivity contribution is 8.00. The highest BCUT2D eigenvalue weighted by atomic mass is 35.5. The van der Waals surface area contributed by atoms with Gasteiger partial charge in [0, 0.05) is 37.4 Å². The van der Waals surface area contributed by atoms with Gasteiger partial charge in [-0.2, -0.15) is 0 Å². The lowest BCUT2D eigenvalue weighted by Gasteiger charge is -2.14. The van der Waals surface area contributed by atoms with Gasteiger partial charge in [0.15, 0.2) is 0 Å². The van der Waals surface area contributed by atoms with Crippen LogP contribution in [0.5, 0.6) is 0 Å². The van der Waals surface area contributed by atoms with Crippen LogP contribution >= 0.6 is 35.0 Å². The molecule has 0 aromatic heterocycles. The molecule has 41 heavy (non-hydrogen) atoms. The number of carbonyl (C=O) groups is 3. The van der Waals surface area contributed by atoms with Crippen LogP contribution in [0, 0.1) is 5.82 Å². The number of thioether (sulfide) groups is 1. The van der Waals surface area contributed by atoms with Gasteiger partial charge < -0.3 is 16.0 Å². The second-order valence-electron chi connectivity index (χ2n) is 8.75. The Kier molecular flexibility index (Phi) is 10.2. The summed E-state index contributed by atoms with van der Waals surface area (Å²) in [6, 6.07) is 25.8. The molecule has 3 amide bonds. The van der Waals surface area contributed by atoms with Crippen LogP contribution < -0.4 is 16.0 Å². The fourth-order valence-corrected chi connectivity index (χ4v) is 5.05. The first-order chi connectivity index (χ1) is 19.7. The van der Waals surface area contributed by atoms with E-state index in [9.17, 15) is 18.8 Å². The molecule has 0 fully saturated rings. The van der Waals surface area contributed by atoms with Crippen LogP contribution in [0.3, 0.4) is 0 Å². The SMILES string of the molecule is CC(Sc1cccc(NC(=O)/C(=C\c2c(Cl)cccc2Cl)NC(=O)c2ccccc2)c1)C(=O)Nc1ccc(F)cc1. The summed E-state index contributed by atoms with van der Waals surface area (Å²) >= 11 is 13.9. The molecule has 1 atom stereocenters.